The van der Waals surface area contributed by atoms with Gasteiger partial charge < -0.3 is 5.73 Å². The van der Waals surface area contributed by atoms with Crippen molar-refractivity contribution in [3.8, 4) is 5.69 Å². The number of sulfone groups is 1. The largest absolute Gasteiger partial charge is 0.329 e. The molecule has 0 radical (unpaired) electrons. The maximum absolute atomic E-state index is 11.8. The van der Waals surface area contributed by atoms with E-state index >= 15 is 0 Å². The fraction of sp³-hybridized carbons (Fsp3) is 0.308. The molecule has 22 heavy (non-hydrogen) atoms. The molecule has 116 valence electrons. The van der Waals surface area contributed by atoms with Gasteiger partial charge in [0.15, 0.2) is 9.84 Å². The molecule has 0 aliphatic carbocycles. The number of aryl methyl sites for hydroxylation is 1. The normalized spacial score (nSPS) is 12.1. The predicted molar refractivity (Wildman–Crippen MR) is 85.8 cm³/mol. The third-order valence-electron chi connectivity index (χ3n) is 3.08. The van der Waals surface area contributed by atoms with Crippen LogP contribution in [0.1, 0.15) is 10.7 Å². The predicted octanol–water partition coefficient (Wildman–Crippen LogP) is 1.06. The number of hydrogen-bond donors (Lipinski definition) is 1. The molecular formula is C13H15N5O2S2. The van der Waals surface area contributed by atoms with Gasteiger partial charge in [0.05, 0.1) is 44.3 Å². The Labute approximate surface area is 131 Å². The van der Waals surface area contributed by atoms with Crippen molar-refractivity contribution in [2.45, 2.75) is 12.7 Å². The van der Waals surface area contributed by atoms with Crippen LogP contribution < -0.4 is 5.73 Å². The van der Waals surface area contributed by atoms with Gasteiger partial charge >= 0.3 is 0 Å². The lowest BCUT2D eigenvalue weighted by Gasteiger charge is -2.00. The number of fused-ring (bicyclic) bond motifs is 1. The SMILES string of the molecule is Cc1nc2cc(-n3cc(CS(=O)(=O)CCN)nn3)ccc2s1. The van der Waals surface area contributed by atoms with E-state index in [0.717, 1.165) is 20.9 Å². The van der Waals surface area contributed by atoms with E-state index in [-0.39, 0.29) is 18.1 Å². The number of nitrogens with two attached hydrogens (primary N) is 1. The summed E-state index contributed by atoms with van der Waals surface area (Å²) in [5.74, 6) is -0.202. The molecule has 0 bridgehead atoms. The number of hydrogen-bond acceptors (Lipinski definition) is 7. The zero-order valence-electron chi connectivity index (χ0n) is 11.9. The highest BCUT2D eigenvalue weighted by Gasteiger charge is 2.14. The Hall–Kier alpha value is -1.84. The first-order chi connectivity index (χ1) is 10.5. The van der Waals surface area contributed by atoms with Crippen LogP contribution in [0.2, 0.25) is 0 Å². The van der Waals surface area contributed by atoms with Crippen molar-refractivity contribution in [1.82, 2.24) is 20.0 Å². The Balaban J connectivity index is 1.88. The molecule has 7 nitrogen and oxygen atoms in total. The minimum absolute atomic E-state index is 0.0517. The molecule has 0 aliphatic rings. The fourth-order valence-corrected chi connectivity index (χ4v) is 4.04. The zero-order valence-corrected chi connectivity index (χ0v) is 13.6. The third kappa shape index (κ3) is 3.16. The number of benzene rings is 1. The minimum atomic E-state index is -3.24. The van der Waals surface area contributed by atoms with Crippen LogP contribution in [0.5, 0.6) is 0 Å². The summed E-state index contributed by atoms with van der Waals surface area (Å²) in [5, 5.41) is 8.91. The van der Waals surface area contributed by atoms with E-state index in [0.29, 0.717) is 5.69 Å². The third-order valence-corrected chi connectivity index (χ3v) is 5.63. The van der Waals surface area contributed by atoms with Gasteiger partial charge in [-0.1, -0.05) is 5.21 Å². The molecule has 2 heterocycles. The Morgan fingerprint density at radius 3 is 2.95 bits per heavy atom. The summed E-state index contributed by atoms with van der Waals surface area (Å²) >= 11 is 1.63. The fourth-order valence-electron chi connectivity index (χ4n) is 2.14. The van der Waals surface area contributed by atoms with E-state index in [1.165, 1.54) is 0 Å². The lowest BCUT2D eigenvalue weighted by Crippen LogP contribution is -2.17. The second kappa shape index (κ2) is 5.75. The molecule has 0 saturated carbocycles. The Bertz CT molecular complexity index is 914. The molecule has 0 amide bonds. The van der Waals surface area contributed by atoms with E-state index in [2.05, 4.69) is 15.3 Å². The molecule has 9 heteroatoms. The highest BCUT2D eigenvalue weighted by Crippen LogP contribution is 2.23. The Kier molecular flexibility index (Phi) is 3.94. The number of thiazole rings is 1. The van der Waals surface area contributed by atoms with Crippen LogP contribution in [0.4, 0.5) is 0 Å². The van der Waals surface area contributed by atoms with Crippen molar-refractivity contribution in [1.29, 1.82) is 0 Å². The molecule has 2 aromatic heterocycles. The molecule has 1 aromatic carbocycles. The van der Waals surface area contributed by atoms with Crippen LogP contribution >= 0.6 is 11.3 Å². The van der Waals surface area contributed by atoms with Gasteiger partial charge in [0.25, 0.3) is 0 Å². The van der Waals surface area contributed by atoms with E-state index in [1.54, 1.807) is 22.2 Å². The molecule has 0 aliphatic heterocycles. The molecule has 0 atom stereocenters. The van der Waals surface area contributed by atoms with E-state index in [1.807, 2.05) is 25.1 Å². The number of nitrogens with zero attached hydrogens (tertiary/aromatic N) is 4. The molecule has 0 saturated heterocycles. The maximum Gasteiger partial charge on any atom is 0.157 e. The molecule has 3 aromatic rings. The Morgan fingerprint density at radius 2 is 2.18 bits per heavy atom. The van der Waals surface area contributed by atoms with Crippen molar-refractivity contribution in [3.05, 3.63) is 35.1 Å². The van der Waals surface area contributed by atoms with Gasteiger partial charge in [-0.2, -0.15) is 0 Å². The molecule has 0 fully saturated rings. The zero-order chi connectivity index (χ0) is 15.7. The van der Waals surface area contributed by atoms with Crippen molar-refractivity contribution < 1.29 is 8.42 Å². The average Bonchev–Trinajstić information content (AvgIpc) is 3.02. The van der Waals surface area contributed by atoms with Gasteiger partial charge in [-0.15, -0.1) is 16.4 Å². The van der Waals surface area contributed by atoms with Gasteiger partial charge in [0.2, 0.25) is 0 Å². The summed E-state index contributed by atoms with van der Waals surface area (Å²) in [4.78, 5) is 4.44. The van der Waals surface area contributed by atoms with Crippen LogP contribution in [0.3, 0.4) is 0 Å². The van der Waals surface area contributed by atoms with E-state index < -0.39 is 9.84 Å². The molecule has 2 N–H and O–H groups in total. The number of rotatable bonds is 5. The maximum atomic E-state index is 11.8. The molecule has 0 unspecified atom stereocenters. The van der Waals surface area contributed by atoms with E-state index in [4.69, 9.17) is 5.73 Å². The summed E-state index contributed by atoms with van der Waals surface area (Å²) in [5.41, 5.74) is 7.39. The highest BCUT2D eigenvalue weighted by atomic mass is 32.2. The van der Waals surface area contributed by atoms with Crippen LogP contribution in [0, 0.1) is 6.92 Å². The van der Waals surface area contributed by atoms with Crippen molar-refractivity contribution >= 4 is 31.4 Å². The smallest absolute Gasteiger partial charge is 0.157 e. The second-order valence-electron chi connectivity index (χ2n) is 4.92. The van der Waals surface area contributed by atoms with Crippen molar-refractivity contribution in [3.63, 3.8) is 0 Å². The van der Waals surface area contributed by atoms with Crippen LogP contribution in [-0.4, -0.2) is 40.7 Å². The van der Waals surface area contributed by atoms with Crippen LogP contribution in [0.25, 0.3) is 15.9 Å². The topological polar surface area (TPSA) is 104 Å². The average molecular weight is 337 g/mol. The molecular weight excluding hydrogens is 322 g/mol. The number of aromatic nitrogens is 4. The summed E-state index contributed by atoms with van der Waals surface area (Å²) in [6, 6.07) is 5.79. The van der Waals surface area contributed by atoms with Crippen LogP contribution in [-0.2, 0) is 15.6 Å². The van der Waals surface area contributed by atoms with Crippen molar-refractivity contribution in [2.75, 3.05) is 12.3 Å². The summed E-state index contributed by atoms with van der Waals surface area (Å²) in [7, 11) is -3.24. The van der Waals surface area contributed by atoms with Gasteiger partial charge in [-0.25, -0.2) is 18.1 Å². The molecule has 3 rings (SSSR count). The minimum Gasteiger partial charge on any atom is -0.329 e. The summed E-state index contributed by atoms with van der Waals surface area (Å²) in [6.07, 6.45) is 1.62. The van der Waals surface area contributed by atoms with Gasteiger partial charge in [0, 0.05) is 6.54 Å². The molecule has 0 spiro atoms. The quantitative estimate of drug-likeness (QED) is 0.746. The van der Waals surface area contributed by atoms with Crippen LogP contribution in [0.15, 0.2) is 24.4 Å². The van der Waals surface area contributed by atoms with Crippen molar-refractivity contribution in [2.24, 2.45) is 5.73 Å². The standard InChI is InChI=1S/C13H15N5O2S2/c1-9-15-12-6-11(2-3-13(12)21-9)18-7-10(16-17-18)8-22(19,20)5-4-14/h2-3,6-7H,4-5,8,14H2,1H3. The Morgan fingerprint density at radius 1 is 1.36 bits per heavy atom. The van der Waals surface area contributed by atoms with E-state index in [9.17, 15) is 8.42 Å². The monoisotopic (exact) mass is 337 g/mol. The highest BCUT2D eigenvalue weighted by molar-refractivity contribution is 7.90. The lowest BCUT2D eigenvalue weighted by atomic mass is 10.3. The van der Waals surface area contributed by atoms with Gasteiger partial charge in [-0.05, 0) is 25.1 Å². The summed E-state index contributed by atoms with van der Waals surface area (Å²) < 4.78 is 26.2. The second-order valence-corrected chi connectivity index (χ2v) is 8.34. The first kappa shape index (κ1) is 15.1. The van der Waals surface area contributed by atoms with Gasteiger partial charge in [-0.3, -0.25) is 0 Å². The first-order valence-electron chi connectivity index (χ1n) is 6.66. The summed E-state index contributed by atoms with van der Waals surface area (Å²) in [6.45, 7) is 2.07. The van der Waals surface area contributed by atoms with Gasteiger partial charge in [0.1, 0.15) is 0 Å². The first-order valence-corrected chi connectivity index (χ1v) is 9.30. The lowest BCUT2D eigenvalue weighted by molar-refractivity contribution is 0.594.